The van der Waals surface area contributed by atoms with E-state index >= 15 is 0 Å². The topological polar surface area (TPSA) is 45.1 Å². The molecule has 0 amide bonds. The van der Waals surface area contributed by atoms with Crippen LogP contribution in [0, 0.1) is 5.41 Å². The van der Waals surface area contributed by atoms with Crippen molar-refractivity contribution in [1.29, 1.82) is 0 Å². The maximum atomic E-state index is 9.31. The number of aliphatic hydroxyl groups is 1. The van der Waals surface area contributed by atoms with E-state index in [4.69, 9.17) is 0 Å². The molecule has 16 heavy (non-hydrogen) atoms. The highest BCUT2D eigenvalue weighted by molar-refractivity contribution is 5.07. The largest absolute Gasteiger partial charge is 0.396 e. The minimum Gasteiger partial charge on any atom is -0.396 e. The summed E-state index contributed by atoms with van der Waals surface area (Å²) in [5.41, 5.74) is 1.00. The highest BCUT2D eigenvalue weighted by atomic mass is 16.3. The molecule has 0 bridgehead atoms. The summed E-state index contributed by atoms with van der Waals surface area (Å²) in [7, 11) is 0. The molecule has 1 aromatic heterocycles. The van der Waals surface area contributed by atoms with Crippen LogP contribution in [0.5, 0.6) is 0 Å². The predicted octanol–water partition coefficient (Wildman–Crippen LogP) is 2.14. The lowest BCUT2D eigenvalue weighted by Crippen LogP contribution is -2.35. The maximum Gasteiger partial charge on any atom is 0.0570 e. The summed E-state index contributed by atoms with van der Waals surface area (Å²) in [6.45, 7) is 7.30. The molecule has 1 heterocycles. The molecule has 0 aromatic carbocycles. The molecule has 0 aliphatic heterocycles. The van der Waals surface area contributed by atoms with Crippen LogP contribution in [0.1, 0.15) is 38.9 Å². The Bertz CT molecular complexity index is 296. The van der Waals surface area contributed by atoms with Gasteiger partial charge in [-0.1, -0.05) is 19.9 Å². The Balaban J connectivity index is 2.50. The fourth-order valence-electron chi connectivity index (χ4n) is 1.43. The first-order valence-electron chi connectivity index (χ1n) is 5.86. The Morgan fingerprint density at radius 1 is 1.50 bits per heavy atom. The van der Waals surface area contributed by atoms with Crippen LogP contribution in [0.15, 0.2) is 24.4 Å². The molecule has 0 radical (unpaired) electrons. The predicted molar refractivity (Wildman–Crippen MR) is 66.1 cm³/mol. The molecule has 3 nitrogen and oxygen atoms in total. The first-order chi connectivity index (χ1) is 7.61. The molecule has 0 saturated carbocycles. The third-order valence-electron chi connectivity index (χ3n) is 3.20. The average molecular weight is 222 g/mol. The Labute approximate surface area is 97.9 Å². The molecule has 90 valence electrons. The van der Waals surface area contributed by atoms with Crippen LogP contribution in [0.3, 0.4) is 0 Å². The van der Waals surface area contributed by atoms with Crippen LogP contribution in [0.2, 0.25) is 0 Å². The van der Waals surface area contributed by atoms with E-state index in [9.17, 15) is 5.11 Å². The quantitative estimate of drug-likeness (QED) is 0.775. The van der Waals surface area contributed by atoms with E-state index in [1.807, 2.05) is 18.2 Å². The Hall–Kier alpha value is -0.930. The van der Waals surface area contributed by atoms with Gasteiger partial charge in [0.1, 0.15) is 0 Å². The highest BCUT2D eigenvalue weighted by Crippen LogP contribution is 2.20. The van der Waals surface area contributed by atoms with Crippen molar-refractivity contribution >= 4 is 0 Å². The Morgan fingerprint density at radius 2 is 2.25 bits per heavy atom. The first-order valence-corrected chi connectivity index (χ1v) is 5.86. The third kappa shape index (κ3) is 3.58. The van der Waals surface area contributed by atoms with Crippen molar-refractivity contribution in [3.63, 3.8) is 0 Å². The summed E-state index contributed by atoms with van der Waals surface area (Å²) in [5, 5.41) is 12.7. The molecule has 2 N–H and O–H groups in total. The number of aromatic nitrogens is 1. The van der Waals surface area contributed by atoms with Crippen LogP contribution < -0.4 is 5.32 Å². The van der Waals surface area contributed by atoms with E-state index in [-0.39, 0.29) is 18.1 Å². The second kappa shape index (κ2) is 5.97. The van der Waals surface area contributed by atoms with Gasteiger partial charge in [-0.25, -0.2) is 0 Å². The second-order valence-corrected chi connectivity index (χ2v) is 4.68. The number of hydrogen-bond donors (Lipinski definition) is 2. The molecule has 0 aliphatic carbocycles. The molecule has 1 rings (SSSR count). The van der Waals surface area contributed by atoms with E-state index in [1.54, 1.807) is 6.20 Å². The van der Waals surface area contributed by atoms with Gasteiger partial charge in [0.05, 0.1) is 5.69 Å². The van der Waals surface area contributed by atoms with Crippen molar-refractivity contribution in [3.05, 3.63) is 30.1 Å². The van der Waals surface area contributed by atoms with Crippen LogP contribution in [0.25, 0.3) is 0 Å². The zero-order chi connectivity index (χ0) is 12.0. The van der Waals surface area contributed by atoms with Gasteiger partial charge in [0, 0.05) is 30.8 Å². The van der Waals surface area contributed by atoms with E-state index in [0.717, 1.165) is 18.7 Å². The first kappa shape index (κ1) is 13.1. The lowest BCUT2D eigenvalue weighted by Gasteiger charge is -2.27. The van der Waals surface area contributed by atoms with Gasteiger partial charge in [0.2, 0.25) is 0 Å². The van der Waals surface area contributed by atoms with Crippen molar-refractivity contribution in [2.75, 3.05) is 13.2 Å². The minimum atomic E-state index is -0.0387. The van der Waals surface area contributed by atoms with Crippen LogP contribution >= 0.6 is 0 Å². The highest BCUT2D eigenvalue weighted by Gasteiger charge is 2.21. The zero-order valence-corrected chi connectivity index (χ0v) is 10.4. The molecule has 0 spiro atoms. The van der Waals surface area contributed by atoms with Gasteiger partial charge >= 0.3 is 0 Å². The lowest BCUT2D eigenvalue weighted by atomic mass is 9.88. The van der Waals surface area contributed by atoms with Gasteiger partial charge in [-0.3, -0.25) is 4.98 Å². The molecular formula is C13H22N2O. The van der Waals surface area contributed by atoms with Gasteiger partial charge in [0.15, 0.2) is 0 Å². The van der Waals surface area contributed by atoms with Crippen molar-refractivity contribution < 1.29 is 5.11 Å². The van der Waals surface area contributed by atoms with E-state index < -0.39 is 0 Å². The van der Waals surface area contributed by atoms with Crippen molar-refractivity contribution in [2.24, 2.45) is 5.41 Å². The molecule has 2 unspecified atom stereocenters. The van der Waals surface area contributed by atoms with E-state index in [2.05, 4.69) is 31.1 Å². The summed E-state index contributed by atoms with van der Waals surface area (Å²) < 4.78 is 0. The average Bonchev–Trinajstić information content (AvgIpc) is 2.36. The smallest absolute Gasteiger partial charge is 0.0570 e. The van der Waals surface area contributed by atoms with Gasteiger partial charge in [-0.2, -0.15) is 0 Å². The normalized spacial score (nSPS) is 16.8. The zero-order valence-electron chi connectivity index (χ0n) is 10.4. The number of hydrogen-bond acceptors (Lipinski definition) is 3. The van der Waals surface area contributed by atoms with Gasteiger partial charge in [-0.05, 0) is 25.5 Å². The number of aliphatic hydroxyl groups excluding tert-OH is 1. The monoisotopic (exact) mass is 222 g/mol. The van der Waals surface area contributed by atoms with Crippen LogP contribution in [-0.4, -0.2) is 23.2 Å². The van der Waals surface area contributed by atoms with E-state index in [0.29, 0.717) is 0 Å². The Morgan fingerprint density at radius 3 is 2.75 bits per heavy atom. The van der Waals surface area contributed by atoms with Gasteiger partial charge < -0.3 is 10.4 Å². The molecule has 0 fully saturated rings. The molecule has 3 heteroatoms. The van der Waals surface area contributed by atoms with Crippen LogP contribution in [0.4, 0.5) is 0 Å². The van der Waals surface area contributed by atoms with Crippen molar-refractivity contribution in [2.45, 2.75) is 33.2 Å². The lowest BCUT2D eigenvalue weighted by molar-refractivity contribution is 0.132. The molecule has 2 atom stereocenters. The van der Waals surface area contributed by atoms with Crippen molar-refractivity contribution in [3.8, 4) is 0 Å². The Kier molecular flexibility index (Phi) is 4.90. The summed E-state index contributed by atoms with van der Waals surface area (Å²) in [5.74, 6) is 0. The van der Waals surface area contributed by atoms with Gasteiger partial charge in [0.25, 0.3) is 0 Å². The number of rotatable bonds is 6. The summed E-state index contributed by atoms with van der Waals surface area (Å²) in [4.78, 5) is 4.31. The molecule has 0 aliphatic rings. The van der Waals surface area contributed by atoms with Crippen molar-refractivity contribution in [1.82, 2.24) is 10.3 Å². The standard InChI is InChI=1S/C13H22N2O/c1-4-13(3,10-16)9-15-11(2)12-7-5-6-8-14-12/h5-8,11,15-16H,4,9-10H2,1-3H3. The third-order valence-corrected chi connectivity index (χ3v) is 3.20. The fraction of sp³-hybridized carbons (Fsp3) is 0.615. The summed E-state index contributed by atoms with van der Waals surface area (Å²) >= 11 is 0. The number of nitrogens with one attached hydrogen (secondary N) is 1. The van der Waals surface area contributed by atoms with Crippen LogP contribution in [-0.2, 0) is 0 Å². The molecule has 1 aromatic rings. The minimum absolute atomic E-state index is 0.0387. The summed E-state index contributed by atoms with van der Waals surface area (Å²) in [6.07, 6.45) is 2.77. The maximum absolute atomic E-state index is 9.31. The molecule has 0 saturated heterocycles. The second-order valence-electron chi connectivity index (χ2n) is 4.68. The molecular weight excluding hydrogens is 200 g/mol. The number of nitrogens with zero attached hydrogens (tertiary/aromatic N) is 1. The van der Waals surface area contributed by atoms with E-state index in [1.165, 1.54) is 0 Å². The number of pyridine rings is 1. The SMILES string of the molecule is CCC(C)(CO)CNC(C)c1ccccn1. The summed E-state index contributed by atoms with van der Waals surface area (Å²) in [6, 6.07) is 6.14. The fourth-order valence-corrected chi connectivity index (χ4v) is 1.43. The van der Waals surface area contributed by atoms with Gasteiger partial charge in [-0.15, -0.1) is 0 Å².